The highest BCUT2D eigenvalue weighted by atomic mass is 16.3. The highest BCUT2D eigenvalue weighted by molar-refractivity contribution is 6.06. The summed E-state index contributed by atoms with van der Waals surface area (Å²) in [4.78, 5) is 31.4. The maximum absolute atomic E-state index is 12.9. The molecule has 0 aliphatic carbocycles. The summed E-state index contributed by atoms with van der Waals surface area (Å²) < 4.78 is 5.47. The van der Waals surface area contributed by atoms with Gasteiger partial charge in [-0.15, -0.1) is 0 Å². The van der Waals surface area contributed by atoms with E-state index in [9.17, 15) is 9.59 Å². The van der Waals surface area contributed by atoms with E-state index in [0.29, 0.717) is 5.76 Å². The molecule has 0 bridgehead atoms. The normalized spacial score (nSPS) is 12.4. The highest BCUT2D eigenvalue weighted by Gasteiger charge is 2.23. The minimum absolute atomic E-state index is 0.161. The van der Waals surface area contributed by atoms with Crippen LogP contribution in [-0.2, 0) is 0 Å². The van der Waals surface area contributed by atoms with Crippen LogP contribution in [0.15, 0.2) is 58.0 Å². The molecule has 0 fully saturated rings. The molecule has 0 saturated carbocycles. The molecule has 6 nitrogen and oxygen atoms in total. The van der Waals surface area contributed by atoms with Gasteiger partial charge < -0.3 is 14.7 Å². The quantitative estimate of drug-likeness (QED) is 0.594. The minimum Gasteiger partial charge on any atom is -0.442 e. The zero-order valence-electron chi connectivity index (χ0n) is 14.4. The number of nitrogens with zero attached hydrogens (tertiary/aromatic N) is 1. The Balaban J connectivity index is 1.73. The van der Waals surface area contributed by atoms with Crippen LogP contribution in [0.2, 0.25) is 0 Å². The number of nitrogens with one attached hydrogen (secondary N) is 2. The average molecular weight is 347 g/mol. The largest absolute Gasteiger partial charge is 0.442 e. The predicted molar refractivity (Wildman–Crippen MR) is 99.2 cm³/mol. The molecule has 6 heteroatoms. The van der Waals surface area contributed by atoms with Crippen LogP contribution in [0.4, 0.5) is 0 Å². The van der Waals surface area contributed by atoms with Crippen molar-refractivity contribution in [1.29, 1.82) is 0 Å². The Bertz CT molecular complexity index is 1180. The fourth-order valence-corrected chi connectivity index (χ4v) is 3.30. The molecule has 4 aromatic rings. The smallest absolute Gasteiger partial charge is 0.262 e. The summed E-state index contributed by atoms with van der Waals surface area (Å²) >= 11 is 0. The van der Waals surface area contributed by atoms with Gasteiger partial charge in [0.1, 0.15) is 11.1 Å². The van der Waals surface area contributed by atoms with Crippen molar-refractivity contribution >= 4 is 27.8 Å². The second kappa shape index (κ2) is 6.15. The number of hydrogen-bond acceptors (Lipinski definition) is 4. The lowest BCUT2D eigenvalue weighted by atomic mass is 9.99. The number of carbonyl (C=O) groups excluding carboxylic acids is 1. The first-order valence-electron chi connectivity index (χ1n) is 8.31. The fraction of sp³-hybridized carbons (Fsp3) is 0.150. The Hall–Kier alpha value is -3.41. The molecular formula is C20H17N3O3. The number of carbonyl (C=O) groups is 1. The average Bonchev–Trinajstić information content (AvgIpc) is 2.98. The number of rotatable bonds is 3. The SMILES string of the molecule is Cc1oc2nc[nH]c(=O)c2c1C(=O)N[C@H](C)c1cccc2ccccc12. The number of H-pyrrole nitrogens is 1. The van der Waals surface area contributed by atoms with Crippen LogP contribution >= 0.6 is 0 Å². The molecule has 2 heterocycles. The monoisotopic (exact) mass is 347 g/mol. The van der Waals surface area contributed by atoms with E-state index in [0.717, 1.165) is 16.3 Å². The van der Waals surface area contributed by atoms with Crippen LogP contribution in [0.3, 0.4) is 0 Å². The van der Waals surface area contributed by atoms with E-state index >= 15 is 0 Å². The first kappa shape index (κ1) is 16.1. The van der Waals surface area contributed by atoms with Crippen LogP contribution < -0.4 is 10.9 Å². The summed E-state index contributed by atoms with van der Waals surface area (Å²) in [5.74, 6) is 0.00649. The van der Waals surface area contributed by atoms with Gasteiger partial charge in [0.25, 0.3) is 11.5 Å². The molecular weight excluding hydrogens is 330 g/mol. The van der Waals surface area contributed by atoms with Gasteiger partial charge in [-0.2, -0.15) is 0 Å². The van der Waals surface area contributed by atoms with Crippen LogP contribution in [-0.4, -0.2) is 15.9 Å². The van der Waals surface area contributed by atoms with Gasteiger partial charge in [0.2, 0.25) is 5.71 Å². The molecule has 2 aromatic carbocycles. The van der Waals surface area contributed by atoms with E-state index < -0.39 is 5.56 Å². The number of aromatic nitrogens is 2. The predicted octanol–water partition coefficient (Wildman–Crippen LogP) is 3.47. The lowest BCUT2D eigenvalue weighted by molar-refractivity contribution is 0.0940. The Labute approximate surface area is 148 Å². The van der Waals surface area contributed by atoms with Gasteiger partial charge in [0.05, 0.1) is 17.9 Å². The summed E-state index contributed by atoms with van der Waals surface area (Å²) in [7, 11) is 0. The van der Waals surface area contributed by atoms with E-state index in [1.54, 1.807) is 6.92 Å². The molecule has 1 atom stereocenters. The molecule has 0 unspecified atom stereocenters. The summed E-state index contributed by atoms with van der Waals surface area (Å²) in [6.07, 6.45) is 1.26. The van der Waals surface area contributed by atoms with Crippen molar-refractivity contribution in [2.24, 2.45) is 0 Å². The van der Waals surface area contributed by atoms with Gasteiger partial charge in [-0.1, -0.05) is 42.5 Å². The van der Waals surface area contributed by atoms with Crippen molar-refractivity contribution in [1.82, 2.24) is 15.3 Å². The molecule has 0 radical (unpaired) electrons. The molecule has 26 heavy (non-hydrogen) atoms. The second-order valence-electron chi connectivity index (χ2n) is 6.21. The van der Waals surface area contributed by atoms with Crippen LogP contribution in [0, 0.1) is 6.92 Å². The summed E-state index contributed by atoms with van der Waals surface area (Å²) in [5.41, 5.74) is 0.999. The summed E-state index contributed by atoms with van der Waals surface area (Å²) in [6.45, 7) is 3.57. The zero-order valence-corrected chi connectivity index (χ0v) is 14.4. The first-order chi connectivity index (χ1) is 12.6. The van der Waals surface area contributed by atoms with Crippen molar-refractivity contribution in [3.05, 3.63) is 76.0 Å². The van der Waals surface area contributed by atoms with Crippen LogP contribution in [0.1, 0.15) is 34.6 Å². The minimum atomic E-state index is -0.394. The van der Waals surface area contributed by atoms with Crippen molar-refractivity contribution in [2.45, 2.75) is 19.9 Å². The number of aryl methyl sites for hydroxylation is 1. The van der Waals surface area contributed by atoms with Crippen molar-refractivity contribution < 1.29 is 9.21 Å². The lowest BCUT2D eigenvalue weighted by Crippen LogP contribution is -2.28. The maximum Gasteiger partial charge on any atom is 0.262 e. The molecule has 0 aliphatic rings. The van der Waals surface area contributed by atoms with Crippen molar-refractivity contribution in [3.63, 3.8) is 0 Å². The highest BCUT2D eigenvalue weighted by Crippen LogP contribution is 2.26. The van der Waals surface area contributed by atoms with Gasteiger partial charge in [0.15, 0.2) is 0 Å². The van der Waals surface area contributed by atoms with E-state index in [2.05, 4.69) is 15.3 Å². The van der Waals surface area contributed by atoms with E-state index in [1.165, 1.54) is 6.33 Å². The van der Waals surface area contributed by atoms with E-state index in [1.807, 2.05) is 49.4 Å². The number of aromatic amines is 1. The maximum atomic E-state index is 12.9. The molecule has 2 aromatic heterocycles. The Morgan fingerprint density at radius 3 is 2.81 bits per heavy atom. The van der Waals surface area contributed by atoms with Gasteiger partial charge in [0, 0.05) is 0 Å². The number of furan rings is 1. The zero-order chi connectivity index (χ0) is 18.3. The molecule has 0 spiro atoms. The van der Waals surface area contributed by atoms with Gasteiger partial charge in [-0.3, -0.25) is 9.59 Å². The number of hydrogen-bond donors (Lipinski definition) is 2. The topological polar surface area (TPSA) is 88.0 Å². The van der Waals surface area contributed by atoms with Crippen LogP contribution in [0.25, 0.3) is 21.9 Å². The standard InChI is InChI=1S/C20H17N3O3/c1-11(14-9-5-7-13-6-3-4-8-15(13)14)23-19(25)16-12(2)26-20-17(16)18(24)21-10-22-20/h3-11H,1-2H3,(H,23,25)(H,21,22,24)/t11-/m1/s1. The summed E-state index contributed by atoms with van der Waals surface area (Å²) in [5, 5.41) is 5.33. The van der Waals surface area contributed by atoms with Gasteiger partial charge in [-0.25, -0.2) is 4.98 Å². The van der Waals surface area contributed by atoms with Crippen LogP contribution in [0.5, 0.6) is 0 Å². The number of amides is 1. The third-order valence-electron chi connectivity index (χ3n) is 4.53. The molecule has 130 valence electrons. The second-order valence-corrected chi connectivity index (χ2v) is 6.21. The number of fused-ring (bicyclic) bond motifs is 2. The van der Waals surface area contributed by atoms with E-state index in [-0.39, 0.29) is 28.6 Å². The molecule has 0 aliphatic heterocycles. The molecule has 1 amide bonds. The first-order valence-corrected chi connectivity index (χ1v) is 8.31. The van der Waals surface area contributed by atoms with Gasteiger partial charge >= 0.3 is 0 Å². The van der Waals surface area contributed by atoms with Crippen molar-refractivity contribution in [3.8, 4) is 0 Å². The Morgan fingerprint density at radius 1 is 1.19 bits per heavy atom. The number of benzene rings is 2. The van der Waals surface area contributed by atoms with Gasteiger partial charge in [-0.05, 0) is 30.2 Å². The van der Waals surface area contributed by atoms with E-state index in [4.69, 9.17) is 4.42 Å². The Morgan fingerprint density at radius 2 is 1.96 bits per heavy atom. The summed E-state index contributed by atoms with van der Waals surface area (Å²) in [6, 6.07) is 13.8. The Kier molecular flexibility index (Phi) is 3.80. The fourth-order valence-electron chi connectivity index (χ4n) is 3.30. The third-order valence-corrected chi connectivity index (χ3v) is 4.53. The lowest BCUT2D eigenvalue weighted by Gasteiger charge is -2.16. The van der Waals surface area contributed by atoms with Crippen molar-refractivity contribution in [2.75, 3.05) is 0 Å². The third kappa shape index (κ3) is 2.56. The molecule has 0 saturated heterocycles. The molecule has 2 N–H and O–H groups in total. The molecule has 4 rings (SSSR count).